The first-order chi connectivity index (χ1) is 11.0. The number of carbonyl (C=O) groups excluding carboxylic acids is 2. The molecule has 4 nitrogen and oxygen atoms in total. The molecule has 0 aliphatic rings. The summed E-state index contributed by atoms with van der Waals surface area (Å²) in [5.41, 5.74) is 0.419. The van der Waals surface area contributed by atoms with Crippen LogP contribution in [-0.2, 0) is 0 Å². The Morgan fingerprint density at radius 2 is 1.61 bits per heavy atom. The van der Waals surface area contributed by atoms with Gasteiger partial charge in [-0.2, -0.15) is 0 Å². The van der Waals surface area contributed by atoms with Crippen LogP contribution < -0.4 is 10.6 Å². The topological polar surface area (TPSA) is 58.2 Å². The predicted octanol–water partition coefficient (Wildman–Crippen LogP) is 3.40. The van der Waals surface area contributed by atoms with Crippen molar-refractivity contribution in [2.24, 2.45) is 0 Å². The molecule has 0 saturated heterocycles. The lowest BCUT2D eigenvalue weighted by Crippen LogP contribution is -2.35. The third-order valence-corrected chi connectivity index (χ3v) is 3.72. The zero-order chi connectivity index (χ0) is 16.8. The van der Waals surface area contributed by atoms with Gasteiger partial charge in [-0.1, -0.05) is 27.5 Å². The van der Waals surface area contributed by atoms with E-state index in [4.69, 9.17) is 11.6 Å². The van der Waals surface area contributed by atoms with E-state index >= 15 is 0 Å². The van der Waals surface area contributed by atoms with Gasteiger partial charge in [0, 0.05) is 28.1 Å². The molecule has 0 unspecified atom stereocenters. The molecule has 0 spiro atoms. The number of nitrogens with one attached hydrogen (secondary N) is 2. The Morgan fingerprint density at radius 3 is 2.26 bits per heavy atom. The Bertz CT molecular complexity index is 723. The maximum absolute atomic E-state index is 13.5. The summed E-state index contributed by atoms with van der Waals surface area (Å²) in [6, 6.07) is 10.6. The summed E-state index contributed by atoms with van der Waals surface area (Å²) in [5, 5.41) is 5.74. The monoisotopic (exact) mass is 398 g/mol. The minimum absolute atomic E-state index is 0.0524. The number of rotatable bonds is 5. The van der Waals surface area contributed by atoms with Crippen LogP contribution in [0.4, 0.5) is 4.39 Å². The smallest absolute Gasteiger partial charge is 0.254 e. The molecule has 2 amide bonds. The normalized spacial score (nSPS) is 10.2. The standard InChI is InChI=1S/C16H13BrClFN2O2/c17-11-3-6-14(19)13(9-11)16(23)21-8-7-20-15(22)10-1-4-12(18)5-2-10/h1-6,9H,7-8H2,(H,20,22)(H,21,23). The lowest BCUT2D eigenvalue weighted by molar-refractivity contribution is 0.0925. The van der Waals surface area contributed by atoms with Crippen LogP contribution in [0.5, 0.6) is 0 Å². The minimum Gasteiger partial charge on any atom is -0.350 e. The zero-order valence-corrected chi connectivity index (χ0v) is 14.2. The first-order valence-corrected chi connectivity index (χ1v) is 7.91. The van der Waals surface area contributed by atoms with E-state index in [0.29, 0.717) is 15.1 Å². The van der Waals surface area contributed by atoms with Gasteiger partial charge in [-0.3, -0.25) is 9.59 Å². The average Bonchev–Trinajstić information content (AvgIpc) is 2.54. The van der Waals surface area contributed by atoms with Gasteiger partial charge >= 0.3 is 0 Å². The molecule has 0 bridgehead atoms. The van der Waals surface area contributed by atoms with E-state index in [-0.39, 0.29) is 24.6 Å². The second-order valence-corrected chi connectivity index (χ2v) is 5.99. The first-order valence-electron chi connectivity index (χ1n) is 6.74. The van der Waals surface area contributed by atoms with Gasteiger partial charge in [-0.05, 0) is 42.5 Å². The molecule has 0 heterocycles. The second-order valence-electron chi connectivity index (χ2n) is 4.64. The molecule has 120 valence electrons. The molecule has 0 atom stereocenters. The van der Waals surface area contributed by atoms with Crippen molar-refractivity contribution < 1.29 is 14.0 Å². The lowest BCUT2D eigenvalue weighted by Gasteiger charge is -2.08. The molecule has 2 aromatic rings. The van der Waals surface area contributed by atoms with E-state index in [9.17, 15) is 14.0 Å². The van der Waals surface area contributed by atoms with Crippen LogP contribution in [0.1, 0.15) is 20.7 Å². The van der Waals surface area contributed by atoms with Gasteiger partial charge in [-0.25, -0.2) is 4.39 Å². The van der Waals surface area contributed by atoms with Crippen molar-refractivity contribution in [1.82, 2.24) is 10.6 Å². The molecule has 2 N–H and O–H groups in total. The predicted molar refractivity (Wildman–Crippen MR) is 90.2 cm³/mol. The average molecular weight is 400 g/mol. The molecule has 0 aliphatic carbocycles. The highest BCUT2D eigenvalue weighted by molar-refractivity contribution is 9.10. The van der Waals surface area contributed by atoms with Crippen molar-refractivity contribution in [2.75, 3.05) is 13.1 Å². The molecule has 0 saturated carbocycles. The fraction of sp³-hybridized carbons (Fsp3) is 0.125. The third kappa shape index (κ3) is 5.04. The molecule has 2 aromatic carbocycles. The highest BCUT2D eigenvalue weighted by Gasteiger charge is 2.11. The van der Waals surface area contributed by atoms with Gasteiger partial charge in [-0.15, -0.1) is 0 Å². The van der Waals surface area contributed by atoms with Crippen LogP contribution in [0.3, 0.4) is 0 Å². The molecule has 7 heteroatoms. The van der Waals surface area contributed by atoms with Gasteiger partial charge in [0.25, 0.3) is 11.8 Å². The van der Waals surface area contributed by atoms with Crippen LogP contribution in [0, 0.1) is 5.82 Å². The van der Waals surface area contributed by atoms with Gasteiger partial charge in [0.05, 0.1) is 5.56 Å². The summed E-state index contributed by atoms with van der Waals surface area (Å²) >= 11 is 8.93. The molecule has 0 aromatic heterocycles. The quantitative estimate of drug-likeness (QED) is 0.757. The number of carbonyl (C=O) groups is 2. The lowest BCUT2D eigenvalue weighted by atomic mass is 10.2. The van der Waals surface area contributed by atoms with E-state index in [1.54, 1.807) is 24.3 Å². The summed E-state index contributed by atoms with van der Waals surface area (Å²) in [7, 11) is 0. The van der Waals surface area contributed by atoms with E-state index in [0.717, 1.165) is 0 Å². The molecular weight excluding hydrogens is 387 g/mol. The van der Waals surface area contributed by atoms with Gasteiger partial charge in [0.15, 0.2) is 0 Å². The Kier molecular flexibility index (Phi) is 6.12. The van der Waals surface area contributed by atoms with Gasteiger partial charge in [0.1, 0.15) is 5.82 Å². The summed E-state index contributed by atoms with van der Waals surface area (Å²) in [5.74, 6) is -1.41. The fourth-order valence-corrected chi connectivity index (χ4v) is 2.31. The third-order valence-electron chi connectivity index (χ3n) is 2.98. The van der Waals surface area contributed by atoms with Gasteiger partial charge < -0.3 is 10.6 Å². The Morgan fingerprint density at radius 1 is 1.00 bits per heavy atom. The minimum atomic E-state index is -0.601. The maximum Gasteiger partial charge on any atom is 0.254 e. The SMILES string of the molecule is O=C(NCCNC(=O)c1cc(Br)ccc1F)c1ccc(Cl)cc1. The number of hydrogen-bond donors (Lipinski definition) is 2. The molecular formula is C16H13BrClFN2O2. The summed E-state index contributed by atoms with van der Waals surface area (Å²) in [6.07, 6.45) is 0. The van der Waals surface area contributed by atoms with Crippen molar-refractivity contribution in [2.45, 2.75) is 0 Å². The number of benzene rings is 2. The van der Waals surface area contributed by atoms with Crippen molar-refractivity contribution in [3.05, 3.63) is 68.9 Å². The van der Waals surface area contributed by atoms with Crippen LogP contribution in [0.25, 0.3) is 0 Å². The van der Waals surface area contributed by atoms with Crippen molar-refractivity contribution >= 4 is 39.3 Å². The highest BCUT2D eigenvalue weighted by atomic mass is 79.9. The highest BCUT2D eigenvalue weighted by Crippen LogP contribution is 2.15. The van der Waals surface area contributed by atoms with E-state index in [1.165, 1.54) is 18.2 Å². The second kappa shape index (κ2) is 8.08. The number of amides is 2. The van der Waals surface area contributed by atoms with Crippen molar-refractivity contribution in [3.63, 3.8) is 0 Å². The number of halogens is 3. The number of hydrogen-bond acceptors (Lipinski definition) is 2. The van der Waals surface area contributed by atoms with Crippen LogP contribution in [0.2, 0.25) is 5.02 Å². The maximum atomic E-state index is 13.5. The van der Waals surface area contributed by atoms with E-state index < -0.39 is 11.7 Å². The fourth-order valence-electron chi connectivity index (χ4n) is 1.82. The molecule has 2 rings (SSSR count). The Balaban J connectivity index is 1.81. The summed E-state index contributed by atoms with van der Waals surface area (Å²) < 4.78 is 14.2. The molecule has 0 aliphatic heterocycles. The van der Waals surface area contributed by atoms with Crippen LogP contribution in [-0.4, -0.2) is 24.9 Å². The van der Waals surface area contributed by atoms with E-state index in [1.807, 2.05) is 0 Å². The Labute approximate surface area is 146 Å². The van der Waals surface area contributed by atoms with Crippen LogP contribution >= 0.6 is 27.5 Å². The van der Waals surface area contributed by atoms with Crippen molar-refractivity contribution in [3.8, 4) is 0 Å². The first kappa shape index (κ1) is 17.4. The largest absolute Gasteiger partial charge is 0.350 e. The van der Waals surface area contributed by atoms with Gasteiger partial charge in [0.2, 0.25) is 0 Å². The van der Waals surface area contributed by atoms with E-state index in [2.05, 4.69) is 26.6 Å². The molecule has 23 heavy (non-hydrogen) atoms. The summed E-state index contributed by atoms with van der Waals surface area (Å²) in [4.78, 5) is 23.7. The molecule has 0 radical (unpaired) electrons. The Hall–Kier alpha value is -1.92. The summed E-state index contributed by atoms with van der Waals surface area (Å²) in [6.45, 7) is 0.410. The zero-order valence-electron chi connectivity index (χ0n) is 11.9. The molecule has 0 fully saturated rings. The van der Waals surface area contributed by atoms with Crippen LogP contribution in [0.15, 0.2) is 46.9 Å². The van der Waals surface area contributed by atoms with Crippen molar-refractivity contribution in [1.29, 1.82) is 0 Å².